The largest absolute Gasteiger partial charge is 0.493 e. The van der Waals surface area contributed by atoms with E-state index < -0.39 is 0 Å². The van der Waals surface area contributed by atoms with Crippen LogP contribution in [0.4, 0.5) is 5.69 Å². The molecule has 0 radical (unpaired) electrons. The summed E-state index contributed by atoms with van der Waals surface area (Å²) < 4.78 is 11.1. The minimum absolute atomic E-state index is 0.00540. The molecule has 0 spiro atoms. The van der Waals surface area contributed by atoms with E-state index in [1.54, 1.807) is 19.1 Å². The van der Waals surface area contributed by atoms with Crippen LogP contribution in [0.3, 0.4) is 0 Å². The van der Waals surface area contributed by atoms with Crippen LogP contribution in [0.25, 0.3) is 6.08 Å². The van der Waals surface area contributed by atoms with Crippen LogP contribution >= 0.6 is 11.8 Å². The highest BCUT2D eigenvalue weighted by Gasteiger charge is 2.29. The predicted octanol–water partition coefficient (Wildman–Crippen LogP) is 5.16. The first-order chi connectivity index (χ1) is 19.0. The first-order valence-corrected chi connectivity index (χ1v) is 14.0. The zero-order valence-corrected chi connectivity index (χ0v) is 23.4. The molecule has 0 saturated carbocycles. The second-order valence-corrected chi connectivity index (χ2v) is 10.6. The van der Waals surface area contributed by atoms with Crippen LogP contribution in [0.1, 0.15) is 28.4 Å². The Labute approximate surface area is 234 Å². The summed E-state index contributed by atoms with van der Waals surface area (Å²) in [4.78, 5) is 34.1. The number of methoxy groups -OCH3 is 1. The van der Waals surface area contributed by atoms with Gasteiger partial charge in [-0.1, -0.05) is 48.2 Å². The van der Waals surface area contributed by atoms with Crippen molar-refractivity contribution in [3.8, 4) is 11.5 Å². The Bertz CT molecular complexity index is 1380. The number of nitrogens with zero attached hydrogens (tertiary/aromatic N) is 3. The average Bonchev–Trinajstić information content (AvgIpc) is 2.97. The van der Waals surface area contributed by atoms with E-state index in [1.165, 1.54) is 17.3 Å². The van der Waals surface area contributed by atoms with Crippen molar-refractivity contribution in [2.45, 2.75) is 18.4 Å². The summed E-state index contributed by atoms with van der Waals surface area (Å²) in [5.41, 5.74) is 3.49. The lowest BCUT2D eigenvalue weighted by atomic mass is 10.1. The first kappa shape index (κ1) is 26.8. The van der Waals surface area contributed by atoms with Gasteiger partial charge in [-0.05, 0) is 54.5 Å². The number of fused-ring (bicyclic) bond motifs is 1. The predicted molar refractivity (Wildman–Crippen MR) is 155 cm³/mol. The van der Waals surface area contributed by atoms with Crippen LogP contribution in [0, 0.1) is 0 Å². The van der Waals surface area contributed by atoms with E-state index in [9.17, 15) is 9.59 Å². The number of carbonyl (C=O) groups is 2. The van der Waals surface area contributed by atoms with Gasteiger partial charge >= 0.3 is 0 Å². The average molecular weight is 544 g/mol. The van der Waals surface area contributed by atoms with Crippen molar-refractivity contribution < 1.29 is 19.1 Å². The fraction of sp³-hybridized carbons (Fsp3) is 0.290. The van der Waals surface area contributed by atoms with Gasteiger partial charge in [0.2, 0.25) is 0 Å². The second kappa shape index (κ2) is 12.0. The number of thioether (sulfide) groups is 1. The molecule has 0 unspecified atom stereocenters. The smallest absolute Gasteiger partial charge is 0.264 e. The normalized spacial score (nSPS) is 16.8. The molecule has 1 saturated heterocycles. The third-order valence-corrected chi connectivity index (χ3v) is 8.07. The Hall–Kier alpha value is -3.75. The van der Waals surface area contributed by atoms with Crippen molar-refractivity contribution in [1.82, 2.24) is 9.80 Å². The van der Waals surface area contributed by atoms with Crippen molar-refractivity contribution in [2.75, 3.05) is 51.8 Å². The summed E-state index contributed by atoms with van der Waals surface area (Å²) in [7, 11) is 3.35. The van der Waals surface area contributed by atoms with Gasteiger partial charge in [-0.15, -0.1) is 0 Å². The maximum Gasteiger partial charge on any atom is 0.264 e. The number of benzene rings is 3. The van der Waals surface area contributed by atoms with Crippen LogP contribution < -0.4 is 14.4 Å². The number of piperazine rings is 1. The molecule has 7 nitrogen and oxygen atoms in total. The van der Waals surface area contributed by atoms with Crippen LogP contribution in [-0.4, -0.2) is 68.6 Å². The van der Waals surface area contributed by atoms with E-state index >= 15 is 0 Å². The third kappa shape index (κ3) is 5.97. The van der Waals surface area contributed by atoms with Gasteiger partial charge in [-0.2, -0.15) is 0 Å². The summed E-state index contributed by atoms with van der Waals surface area (Å²) in [6.07, 6.45) is 1.86. The van der Waals surface area contributed by atoms with Crippen molar-refractivity contribution in [3.63, 3.8) is 0 Å². The van der Waals surface area contributed by atoms with Crippen LogP contribution in [0.2, 0.25) is 0 Å². The Kier molecular flexibility index (Phi) is 8.24. The molecule has 0 N–H and O–H groups in total. The number of amides is 2. The van der Waals surface area contributed by atoms with Crippen molar-refractivity contribution >= 4 is 35.3 Å². The molecule has 0 bridgehead atoms. The van der Waals surface area contributed by atoms with Crippen LogP contribution in [0.5, 0.6) is 11.5 Å². The molecule has 1 fully saturated rings. The van der Waals surface area contributed by atoms with E-state index in [0.29, 0.717) is 41.7 Å². The Morgan fingerprint density at radius 3 is 2.46 bits per heavy atom. The highest BCUT2D eigenvalue weighted by atomic mass is 32.2. The topological polar surface area (TPSA) is 62.3 Å². The van der Waals surface area contributed by atoms with E-state index in [0.717, 1.165) is 35.8 Å². The molecule has 2 aliphatic heterocycles. The molecule has 5 rings (SSSR count). The molecule has 2 amide bonds. The molecule has 202 valence electrons. The zero-order valence-electron chi connectivity index (χ0n) is 22.6. The number of rotatable bonds is 7. The van der Waals surface area contributed by atoms with E-state index in [2.05, 4.69) is 29.2 Å². The second-order valence-electron chi connectivity index (χ2n) is 9.55. The first-order valence-electron chi connectivity index (χ1n) is 13.1. The Balaban J connectivity index is 1.28. The minimum Gasteiger partial charge on any atom is -0.493 e. The van der Waals surface area contributed by atoms with E-state index in [4.69, 9.17) is 9.47 Å². The standard InChI is InChI=1S/C31H33N3O4S/c1-4-38-26-12-10-23(18-27(26)37-3)19-29-31(36)32(2)25-20-24(11-13-28(25)39-29)30(35)34-16-14-33(15-17-34)21-22-8-6-5-7-9-22/h5-13,18-20H,4,14-17,21H2,1-3H3/b29-19+. The number of ether oxygens (including phenoxy) is 2. The summed E-state index contributed by atoms with van der Waals surface area (Å²) >= 11 is 1.42. The maximum absolute atomic E-state index is 13.3. The van der Waals surface area contributed by atoms with Gasteiger partial charge in [0.15, 0.2) is 11.5 Å². The van der Waals surface area contributed by atoms with Gasteiger partial charge in [-0.3, -0.25) is 14.5 Å². The third-order valence-electron chi connectivity index (χ3n) is 7.00. The molecule has 3 aromatic carbocycles. The monoisotopic (exact) mass is 543 g/mol. The van der Waals surface area contributed by atoms with Gasteiger partial charge in [0, 0.05) is 50.2 Å². The van der Waals surface area contributed by atoms with Gasteiger partial charge in [0.25, 0.3) is 11.8 Å². The van der Waals surface area contributed by atoms with Gasteiger partial charge in [0.05, 0.1) is 24.3 Å². The SMILES string of the molecule is CCOc1ccc(/C=C2/Sc3ccc(C(=O)N4CCN(Cc5ccccc5)CC4)cc3N(C)C2=O)cc1OC. The molecule has 0 aromatic heterocycles. The lowest BCUT2D eigenvalue weighted by Gasteiger charge is -2.35. The molecule has 0 atom stereocenters. The van der Waals surface area contributed by atoms with Crippen molar-refractivity contribution in [1.29, 1.82) is 0 Å². The quantitative estimate of drug-likeness (QED) is 0.384. The van der Waals surface area contributed by atoms with Gasteiger partial charge in [-0.25, -0.2) is 0 Å². The van der Waals surface area contributed by atoms with E-state index in [1.807, 2.05) is 60.4 Å². The van der Waals surface area contributed by atoms with E-state index in [-0.39, 0.29) is 11.8 Å². The highest BCUT2D eigenvalue weighted by molar-refractivity contribution is 8.04. The van der Waals surface area contributed by atoms with Gasteiger partial charge in [0.1, 0.15) is 0 Å². The molecule has 3 aromatic rings. The fourth-order valence-corrected chi connectivity index (χ4v) is 5.95. The molecule has 8 heteroatoms. The molecule has 39 heavy (non-hydrogen) atoms. The Morgan fingerprint density at radius 1 is 0.974 bits per heavy atom. The molecule has 2 aliphatic rings. The molecule has 0 aliphatic carbocycles. The van der Waals surface area contributed by atoms with Crippen molar-refractivity contribution in [2.24, 2.45) is 0 Å². The fourth-order valence-electron chi connectivity index (χ4n) is 4.86. The summed E-state index contributed by atoms with van der Waals surface area (Å²) in [6.45, 7) is 6.41. The van der Waals surface area contributed by atoms with Gasteiger partial charge < -0.3 is 19.3 Å². The Morgan fingerprint density at radius 2 is 1.74 bits per heavy atom. The highest BCUT2D eigenvalue weighted by Crippen LogP contribution is 2.42. The summed E-state index contributed by atoms with van der Waals surface area (Å²) in [5, 5.41) is 0. The maximum atomic E-state index is 13.3. The summed E-state index contributed by atoms with van der Waals surface area (Å²) in [6, 6.07) is 21.7. The minimum atomic E-state index is -0.112. The molecular weight excluding hydrogens is 510 g/mol. The lowest BCUT2D eigenvalue weighted by molar-refractivity contribution is -0.114. The van der Waals surface area contributed by atoms with Crippen LogP contribution in [-0.2, 0) is 11.3 Å². The zero-order chi connectivity index (χ0) is 27.4. The number of anilines is 1. The van der Waals surface area contributed by atoms with Crippen LogP contribution in [0.15, 0.2) is 76.5 Å². The molecule has 2 heterocycles. The number of carbonyl (C=O) groups excluding carboxylic acids is 2. The molecular formula is C31H33N3O4S. The number of hydrogen-bond acceptors (Lipinski definition) is 6. The summed E-state index contributed by atoms with van der Waals surface area (Å²) in [5.74, 6) is 1.18. The lowest BCUT2D eigenvalue weighted by Crippen LogP contribution is -2.48. The van der Waals surface area contributed by atoms with Crippen molar-refractivity contribution in [3.05, 3.63) is 88.3 Å². The number of hydrogen-bond donors (Lipinski definition) is 0. The number of likely N-dealkylation sites (N-methyl/N-ethyl adjacent to an activating group) is 1.